The molecule has 0 spiro atoms. The molecule has 1 atom stereocenters. The molecule has 1 N–H and O–H groups in total. The number of carbonyl (C=O) groups is 1. The Balaban J connectivity index is 0.00000161. The molecular formula is C15H23ClN2O3. The maximum Gasteiger partial charge on any atom is 0.226 e. The van der Waals surface area contributed by atoms with Gasteiger partial charge in [0.05, 0.1) is 13.2 Å². The molecule has 2 fully saturated rings. The molecule has 1 amide bonds. The second-order valence-electron chi connectivity index (χ2n) is 5.60. The molecule has 0 radical (unpaired) electrons. The van der Waals surface area contributed by atoms with Crippen molar-refractivity contribution in [2.75, 3.05) is 32.8 Å². The first-order valence-electron chi connectivity index (χ1n) is 7.41. The van der Waals surface area contributed by atoms with Crippen LogP contribution in [0.2, 0.25) is 0 Å². The average molecular weight is 315 g/mol. The number of ether oxygens (including phenoxy) is 1. The van der Waals surface area contributed by atoms with E-state index in [2.05, 4.69) is 5.32 Å². The highest BCUT2D eigenvalue weighted by atomic mass is 35.5. The lowest BCUT2D eigenvalue weighted by molar-refractivity contribution is -0.146. The van der Waals surface area contributed by atoms with Crippen LogP contribution < -0.4 is 5.32 Å². The quantitative estimate of drug-likeness (QED) is 0.906. The summed E-state index contributed by atoms with van der Waals surface area (Å²) in [5, 5.41) is 3.30. The maximum atomic E-state index is 12.7. The molecule has 0 bridgehead atoms. The van der Waals surface area contributed by atoms with Gasteiger partial charge < -0.3 is 19.4 Å². The number of nitrogens with one attached hydrogen (secondary N) is 1. The zero-order valence-electron chi connectivity index (χ0n) is 12.3. The standard InChI is InChI=1S/C15H22N2O3.ClH/c1-11-2-3-14(20-11)13-10-19-9-8-17(13)15(18)12-4-6-16-7-5-12;/h2-3,12-13,16H,4-10H2,1H3;1H. The van der Waals surface area contributed by atoms with Crippen molar-refractivity contribution >= 4 is 18.3 Å². The van der Waals surface area contributed by atoms with Crippen molar-refractivity contribution in [2.45, 2.75) is 25.8 Å². The number of amides is 1. The van der Waals surface area contributed by atoms with Gasteiger partial charge in [-0.3, -0.25) is 4.79 Å². The summed E-state index contributed by atoms with van der Waals surface area (Å²) in [5.74, 6) is 2.12. The summed E-state index contributed by atoms with van der Waals surface area (Å²) in [6.45, 7) is 5.60. The van der Waals surface area contributed by atoms with E-state index in [0.717, 1.165) is 37.5 Å². The average Bonchev–Trinajstić information content (AvgIpc) is 2.94. The van der Waals surface area contributed by atoms with Gasteiger partial charge in [0.1, 0.15) is 17.6 Å². The van der Waals surface area contributed by atoms with Crippen LogP contribution in [0.4, 0.5) is 0 Å². The van der Waals surface area contributed by atoms with Crippen molar-refractivity contribution < 1.29 is 13.9 Å². The van der Waals surface area contributed by atoms with Gasteiger partial charge in [0.15, 0.2) is 0 Å². The van der Waals surface area contributed by atoms with E-state index in [4.69, 9.17) is 9.15 Å². The number of halogens is 1. The number of rotatable bonds is 2. The minimum absolute atomic E-state index is 0. The molecule has 0 saturated carbocycles. The minimum Gasteiger partial charge on any atom is -0.464 e. The molecule has 2 aliphatic heterocycles. The second kappa shape index (κ2) is 7.29. The number of morpholine rings is 1. The number of furan rings is 1. The van der Waals surface area contributed by atoms with E-state index in [9.17, 15) is 4.79 Å². The summed E-state index contributed by atoms with van der Waals surface area (Å²) >= 11 is 0. The van der Waals surface area contributed by atoms with E-state index in [1.54, 1.807) is 0 Å². The number of aryl methyl sites for hydroxylation is 1. The third-order valence-corrected chi connectivity index (χ3v) is 4.19. The Morgan fingerprint density at radius 3 is 2.76 bits per heavy atom. The Hall–Kier alpha value is -1.04. The lowest BCUT2D eigenvalue weighted by Crippen LogP contribution is -2.47. The molecule has 0 aliphatic carbocycles. The van der Waals surface area contributed by atoms with E-state index in [1.807, 2.05) is 24.0 Å². The predicted octanol–water partition coefficient (Wildman–Crippen LogP) is 1.91. The van der Waals surface area contributed by atoms with Gasteiger partial charge in [-0.05, 0) is 45.0 Å². The number of hydrogen-bond acceptors (Lipinski definition) is 4. The fourth-order valence-electron chi connectivity index (χ4n) is 3.04. The Kier molecular flexibility index (Phi) is 5.67. The van der Waals surface area contributed by atoms with E-state index in [0.29, 0.717) is 19.8 Å². The minimum atomic E-state index is -0.0696. The summed E-state index contributed by atoms with van der Waals surface area (Å²) in [4.78, 5) is 14.7. The fourth-order valence-corrected chi connectivity index (χ4v) is 3.04. The molecule has 21 heavy (non-hydrogen) atoms. The van der Waals surface area contributed by atoms with Gasteiger partial charge in [0.2, 0.25) is 5.91 Å². The topological polar surface area (TPSA) is 54.7 Å². The van der Waals surface area contributed by atoms with E-state index in [-0.39, 0.29) is 30.3 Å². The van der Waals surface area contributed by atoms with Crippen molar-refractivity contribution in [3.8, 4) is 0 Å². The van der Waals surface area contributed by atoms with Crippen molar-refractivity contribution in [3.63, 3.8) is 0 Å². The summed E-state index contributed by atoms with van der Waals surface area (Å²) in [6.07, 6.45) is 1.86. The lowest BCUT2D eigenvalue weighted by Gasteiger charge is -2.37. The summed E-state index contributed by atoms with van der Waals surface area (Å²) in [6, 6.07) is 3.83. The summed E-state index contributed by atoms with van der Waals surface area (Å²) in [5.41, 5.74) is 0. The molecule has 118 valence electrons. The Bertz CT molecular complexity index is 471. The molecule has 3 rings (SSSR count). The van der Waals surface area contributed by atoms with Crippen LogP contribution in [0.5, 0.6) is 0 Å². The zero-order chi connectivity index (χ0) is 13.9. The first kappa shape index (κ1) is 16.3. The first-order valence-corrected chi connectivity index (χ1v) is 7.41. The van der Waals surface area contributed by atoms with Gasteiger partial charge >= 0.3 is 0 Å². The van der Waals surface area contributed by atoms with Crippen LogP contribution in [-0.2, 0) is 9.53 Å². The van der Waals surface area contributed by atoms with Crippen molar-refractivity contribution in [1.29, 1.82) is 0 Å². The lowest BCUT2D eigenvalue weighted by atomic mass is 9.95. The van der Waals surface area contributed by atoms with Crippen molar-refractivity contribution in [2.24, 2.45) is 5.92 Å². The molecule has 2 aliphatic rings. The van der Waals surface area contributed by atoms with Gasteiger partial charge in [0, 0.05) is 12.5 Å². The Morgan fingerprint density at radius 1 is 1.33 bits per heavy atom. The van der Waals surface area contributed by atoms with Crippen LogP contribution in [0, 0.1) is 12.8 Å². The molecule has 5 nitrogen and oxygen atoms in total. The number of piperidine rings is 1. The molecule has 6 heteroatoms. The maximum absolute atomic E-state index is 12.7. The van der Waals surface area contributed by atoms with Gasteiger partial charge in [-0.15, -0.1) is 12.4 Å². The van der Waals surface area contributed by atoms with Crippen molar-refractivity contribution in [3.05, 3.63) is 23.7 Å². The third kappa shape index (κ3) is 3.59. The Morgan fingerprint density at radius 2 is 2.10 bits per heavy atom. The SMILES string of the molecule is Cc1ccc(C2COCCN2C(=O)C2CCNCC2)o1.Cl. The molecule has 1 aromatic rings. The number of hydrogen-bond donors (Lipinski definition) is 1. The van der Waals surface area contributed by atoms with Gasteiger partial charge in [-0.1, -0.05) is 0 Å². The second-order valence-corrected chi connectivity index (χ2v) is 5.60. The largest absolute Gasteiger partial charge is 0.464 e. The number of carbonyl (C=O) groups excluding carboxylic acids is 1. The summed E-state index contributed by atoms with van der Waals surface area (Å²) < 4.78 is 11.3. The van der Waals surface area contributed by atoms with Crippen LogP contribution in [0.15, 0.2) is 16.5 Å². The van der Waals surface area contributed by atoms with Crippen LogP contribution in [0.1, 0.15) is 30.4 Å². The molecule has 1 aromatic heterocycles. The third-order valence-electron chi connectivity index (χ3n) is 4.19. The van der Waals surface area contributed by atoms with Crippen LogP contribution in [0.3, 0.4) is 0 Å². The highest BCUT2D eigenvalue weighted by molar-refractivity contribution is 5.85. The highest BCUT2D eigenvalue weighted by Crippen LogP contribution is 2.28. The van der Waals surface area contributed by atoms with Crippen molar-refractivity contribution in [1.82, 2.24) is 10.2 Å². The fraction of sp³-hybridized carbons (Fsp3) is 0.667. The van der Waals surface area contributed by atoms with E-state index < -0.39 is 0 Å². The van der Waals surface area contributed by atoms with E-state index >= 15 is 0 Å². The monoisotopic (exact) mass is 314 g/mol. The number of nitrogens with zero attached hydrogens (tertiary/aromatic N) is 1. The molecule has 0 aromatic carbocycles. The molecule has 3 heterocycles. The van der Waals surface area contributed by atoms with Crippen LogP contribution >= 0.6 is 12.4 Å². The van der Waals surface area contributed by atoms with Gasteiger partial charge in [-0.2, -0.15) is 0 Å². The van der Waals surface area contributed by atoms with Gasteiger partial charge in [0.25, 0.3) is 0 Å². The molecule has 1 unspecified atom stereocenters. The van der Waals surface area contributed by atoms with Gasteiger partial charge in [-0.25, -0.2) is 0 Å². The first-order chi connectivity index (χ1) is 9.75. The highest BCUT2D eigenvalue weighted by Gasteiger charge is 2.34. The summed E-state index contributed by atoms with van der Waals surface area (Å²) in [7, 11) is 0. The molecule has 2 saturated heterocycles. The normalized spacial score (nSPS) is 23.7. The van der Waals surface area contributed by atoms with Crippen LogP contribution in [0.25, 0.3) is 0 Å². The van der Waals surface area contributed by atoms with Crippen LogP contribution in [-0.4, -0.2) is 43.7 Å². The zero-order valence-corrected chi connectivity index (χ0v) is 13.2. The Labute approximate surface area is 131 Å². The predicted molar refractivity (Wildman–Crippen MR) is 81.6 cm³/mol. The smallest absolute Gasteiger partial charge is 0.226 e. The van der Waals surface area contributed by atoms with E-state index in [1.165, 1.54) is 0 Å². The molecular weight excluding hydrogens is 292 g/mol.